The van der Waals surface area contributed by atoms with E-state index < -0.39 is 0 Å². The Bertz CT molecular complexity index is 586. The fourth-order valence-electron chi connectivity index (χ4n) is 3.47. The van der Waals surface area contributed by atoms with Crippen LogP contribution in [0.2, 0.25) is 0 Å². The summed E-state index contributed by atoms with van der Waals surface area (Å²) in [5.74, 6) is 0. The van der Waals surface area contributed by atoms with Crippen molar-refractivity contribution in [3.8, 4) is 0 Å². The Balaban J connectivity index is 2.67. The minimum absolute atomic E-state index is 0.0118. The lowest BCUT2D eigenvalue weighted by molar-refractivity contribution is -0.682. The molecule has 0 atom stereocenters. The Morgan fingerprint density at radius 1 is 0.947 bits per heavy atom. The van der Waals surface area contributed by atoms with Crippen molar-refractivity contribution in [2.45, 2.75) is 40.0 Å². The topological polar surface area (TPSA) is 3.88 Å². The Morgan fingerprint density at radius 2 is 1.53 bits per heavy atom. The smallest absolute Gasteiger partial charge is 0.191 e. The molecule has 1 nitrogen and oxygen atoms in total. The van der Waals surface area contributed by atoms with E-state index in [0.717, 1.165) is 0 Å². The van der Waals surface area contributed by atoms with Crippen molar-refractivity contribution in [3.63, 3.8) is 0 Å². The predicted molar refractivity (Wildman–Crippen MR) is 80.4 cm³/mol. The lowest BCUT2D eigenvalue weighted by Crippen LogP contribution is -2.41. The van der Waals surface area contributed by atoms with Gasteiger partial charge < -0.3 is 0 Å². The Labute approximate surface area is 116 Å². The van der Waals surface area contributed by atoms with E-state index in [1.54, 1.807) is 0 Å². The number of aryl methyl sites for hydroxylation is 4. The van der Waals surface area contributed by atoms with Crippen LogP contribution >= 0.6 is 0 Å². The summed E-state index contributed by atoms with van der Waals surface area (Å²) < 4.78 is 2.22. The molecule has 0 aliphatic carbocycles. The largest absolute Gasteiger partial charge is 0.204 e. The van der Waals surface area contributed by atoms with Gasteiger partial charge in [-0.1, -0.05) is 23.8 Å². The highest BCUT2D eigenvalue weighted by molar-refractivity contribution is 5.45. The first-order valence-corrected chi connectivity index (χ1v) is 6.87. The van der Waals surface area contributed by atoms with Gasteiger partial charge in [0.25, 0.3) is 0 Å². The van der Waals surface area contributed by atoms with Crippen LogP contribution in [0.3, 0.4) is 0 Å². The SMILES string of the molecule is Cc1cc(C)c(C(C)(C)c2cccc[n+]2C)c(C)c1. The number of pyridine rings is 1. The number of aromatic nitrogens is 1. The van der Waals surface area contributed by atoms with Gasteiger partial charge in [0.15, 0.2) is 11.9 Å². The highest BCUT2D eigenvalue weighted by atomic mass is 14.9. The van der Waals surface area contributed by atoms with E-state index in [9.17, 15) is 0 Å². The summed E-state index contributed by atoms with van der Waals surface area (Å²) in [5.41, 5.74) is 6.90. The zero-order chi connectivity index (χ0) is 14.2. The second-order valence-corrected chi connectivity index (χ2v) is 6.10. The normalized spacial score (nSPS) is 11.7. The molecule has 1 aromatic carbocycles. The second kappa shape index (κ2) is 4.80. The van der Waals surface area contributed by atoms with Crippen molar-refractivity contribution in [1.82, 2.24) is 0 Å². The highest BCUT2D eigenvalue weighted by Crippen LogP contribution is 2.34. The molecule has 0 amide bonds. The molecule has 0 radical (unpaired) electrons. The zero-order valence-electron chi connectivity index (χ0n) is 12.9. The number of hydrogen-bond acceptors (Lipinski definition) is 0. The van der Waals surface area contributed by atoms with Crippen LogP contribution in [0.1, 0.15) is 41.8 Å². The van der Waals surface area contributed by atoms with Crippen LogP contribution in [-0.2, 0) is 12.5 Å². The third kappa shape index (κ3) is 2.42. The fraction of sp³-hybridized carbons (Fsp3) is 0.389. The molecule has 0 unspecified atom stereocenters. The van der Waals surface area contributed by atoms with E-state index in [0.29, 0.717) is 0 Å². The first-order valence-electron chi connectivity index (χ1n) is 6.87. The van der Waals surface area contributed by atoms with E-state index in [1.165, 1.54) is 27.9 Å². The maximum atomic E-state index is 2.31. The van der Waals surface area contributed by atoms with Crippen LogP contribution in [0, 0.1) is 20.8 Å². The first-order chi connectivity index (χ1) is 8.84. The zero-order valence-corrected chi connectivity index (χ0v) is 12.9. The van der Waals surface area contributed by atoms with Gasteiger partial charge >= 0.3 is 0 Å². The van der Waals surface area contributed by atoms with Gasteiger partial charge in [0.1, 0.15) is 7.05 Å². The minimum Gasteiger partial charge on any atom is -0.204 e. The van der Waals surface area contributed by atoms with Crippen LogP contribution in [0.25, 0.3) is 0 Å². The Hall–Kier alpha value is -1.63. The fourth-order valence-corrected chi connectivity index (χ4v) is 3.47. The van der Waals surface area contributed by atoms with Crippen molar-refractivity contribution in [3.05, 3.63) is 64.5 Å². The molecule has 0 saturated heterocycles. The lowest BCUT2D eigenvalue weighted by atomic mass is 9.76. The summed E-state index contributed by atoms with van der Waals surface area (Å²) in [7, 11) is 2.12. The summed E-state index contributed by atoms with van der Waals surface area (Å²) >= 11 is 0. The van der Waals surface area contributed by atoms with Crippen molar-refractivity contribution in [2.75, 3.05) is 0 Å². The third-order valence-electron chi connectivity index (χ3n) is 4.00. The van der Waals surface area contributed by atoms with E-state index >= 15 is 0 Å². The molecule has 0 saturated carbocycles. The monoisotopic (exact) mass is 254 g/mol. The molecule has 0 aliphatic heterocycles. The summed E-state index contributed by atoms with van der Waals surface area (Å²) in [6.07, 6.45) is 2.12. The molecule has 0 N–H and O–H groups in total. The molecule has 1 heteroatoms. The van der Waals surface area contributed by atoms with Crippen LogP contribution in [0.5, 0.6) is 0 Å². The molecular weight excluding hydrogens is 230 g/mol. The standard InChI is InChI=1S/C18H24N/c1-13-11-14(2)17(15(3)12-13)18(4,5)16-9-7-8-10-19(16)6/h7-12H,1-6H3/q+1. The van der Waals surface area contributed by atoms with E-state index in [1.807, 2.05) is 0 Å². The first kappa shape index (κ1) is 13.8. The summed E-state index contributed by atoms with van der Waals surface area (Å²) in [6.45, 7) is 11.2. The average Bonchev–Trinajstić information content (AvgIpc) is 2.27. The van der Waals surface area contributed by atoms with E-state index in [2.05, 4.69) is 82.8 Å². The number of hydrogen-bond donors (Lipinski definition) is 0. The quantitative estimate of drug-likeness (QED) is 0.718. The molecule has 0 bridgehead atoms. The van der Waals surface area contributed by atoms with Crippen molar-refractivity contribution in [1.29, 1.82) is 0 Å². The summed E-state index contributed by atoms with van der Waals surface area (Å²) in [4.78, 5) is 0. The molecule has 1 heterocycles. The average molecular weight is 254 g/mol. The molecule has 0 fully saturated rings. The number of rotatable bonds is 2. The van der Waals surface area contributed by atoms with Crippen molar-refractivity contribution in [2.24, 2.45) is 7.05 Å². The lowest BCUT2D eigenvalue weighted by Gasteiger charge is -2.27. The molecule has 100 valence electrons. The van der Waals surface area contributed by atoms with Gasteiger partial charge in [0, 0.05) is 12.1 Å². The number of nitrogens with zero attached hydrogens (tertiary/aromatic N) is 1. The predicted octanol–water partition coefficient (Wildman–Crippen LogP) is 3.76. The minimum atomic E-state index is 0.0118. The maximum absolute atomic E-state index is 2.31. The van der Waals surface area contributed by atoms with Gasteiger partial charge in [0.05, 0.1) is 5.41 Å². The second-order valence-electron chi connectivity index (χ2n) is 6.10. The van der Waals surface area contributed by atoms with E-state index in [-0.39, 0.29) is 5.41 Å². The highest BCUT2D eigenvalue weighted by Gasteiger charge is 2.33. The van der Waals surface area contributed by atoms with Gasteiger partial charge in [-0.25, -0.2) is 4.57 Å². The summed E-state index contributed by atoms with van der Waals surface area (Å²) in [6, 6.07) is 11.0. The van der Waals surface area contributed by atoms with Crippen molar-refractivity contribution >= 4 is 0 Å². The molecular formula is C18H24N+. The van der Waals surface area contributed by atoms with Gasteiger partial charge in [-0.05, 0) is 51.3 Å². The number of benzene rings is 1. The van der Waals surface area contributed by atoms with Crippen LogP contribution in [0.15, 0.2) is 36.5 Å². The van der Waals surface area contributed by atoms with Gasteiger partial charge in [-0.2, -0.15) is 0 Å². The maximum Gasteiger partial charge on any atom is 0.191 e. The van der Waals surface area contributed by atoms with Crippen LogP contribution < -0.4 is 4.57 Å². The van der Waals surface area contributed by atoms with Crippen molar-refractivity contribution < 1.29 is 4.57 Å². The van der Waals surface area contributed by atoms with Crippen LogP contribution in [-0.4, -0.2) is 0 Å². The molecule has 0 aliphatic rings. The third-order valence-corrected chi connectivity index (χ3v) is 4.00. The molecule has 2 aromatic rings. The molecule has 0 spiro atoms. The Morgan fingerprint density at radius 3 is 2.05 bits per heavy atom. The Kier molecular flexibility index (Phi) is 3.49. The molecule has 19 heavy (non-hydrogen) atoms. The molecule has 1 aromatic heterocycles. The summed E-state index contributed by atoms with van der Waals surface area (Å²) in [5, 5.41) is 0. The molecule has 2 rings (SSSR count). The van der Waals surface area contributed by atoms with Gasteiger partial charge in [0.2, 0.25) is 0 Å². The van der Waals surface area contributed by atoms with Gasteiger partial charge in [-0.3, -0.25) is 0 Å². The van der Waals surface area contributed by atoms with Crippen LogP contribution in [0.4, 0.5) is 0 Å². The van der Waals surface area contributed by atoms with Gasteiger partial charge in [-0.15, -0.1) is 0 Å². The van der Waals surface area contributed by atoms with E-state index in [4.69, 9.17) is 0 Å².